The zero-order chi connectivity index (χ0) is 16.2. The number of nitrogens with zero attached hydrogens (tertiary/aromatic N) is 2. The first-order chi connectivity index (χ1) is 11.2. The summed E-state index contributed by atoms with van der Waals surface area (Å²) in [5.41, 5.74) is 1.54. The van der Waals surface area contributed by atoms with Crippen LogP contribution in [0.3, 0.4) is 0 Å². The molecule has 0 saturated heterocycles. The van der Waals surface area contributed by atoms with Crippen molar-refractivity contribution >= 4 is 17.2 Å². The number of amides is 1. The Morgan fingerprint density at radius 1 is 1.35 bits per heavy atom. The molecule has 0 spiro atoms. The smallest absolute Gasteiger partial charge is 0.263 e. The van der Waals surface area contributed by atoms with Gasteiger partial charge in [-0.2, -0.15) is 0 Å². The third kappa shape index (κ3) is 3.76. The van der Waals surface area contributed by atoms with Crippen molar-refractivity contribution in [3.8, 4) is 10.7 Å². The Kier molecular flexibility index (Phi) is 5.03. The van der Waals surface area contributed by atoms with Gasteiger partial charge in [0.2, 0.25) is 0 Å². The number of aliphatic hydroxyl groups excluding tert-OH is 1. The monoisotopic (exact) mass is 331 g/mol. The van der Waals surface area contributed by atoms with E-state index in [9.17, 15) is 9.90 Å². The van der Waals surface area contributed by atoms with Crippen LogP contribution in [0.15, 0.2) is 24.4 Å². The van der Waals surface area contributed by atoms with Crippen molar-refractivity contribution in [2.45, 2.75) is 38.6 Å². The van der Waals surface area contributed by atoms with Gasteiger partial charge in [0.25, 0.3) is 5.91 Å². The summed E-state index contributed by atoms with van der Waals surface area (Å²) < 4.78 is 0. The van der Waals surface area contributed by atoms with Gasteiger partial charge in [-0.15, -0.1) is 11.3 Å². The lowest BCUT2D eigenvalue weighted by atomic mass is 9.86. The van der Waals surface area contributed by atoms with Gasteiger partial charge in [0.15, 0.2) is 0 Å². The zero-order valence-electron chi connectivity index (χ0n) is 13.2. The van der Waals surface area contributed by atoms with E-state index in [0.717, 1.165) is 42.1 Å². The van der Waals surface area contributed by atoms with Crippen LogP contribution < -0.4 is 5.32 Å². The number of hydrogen-bond acceptors (Lipinski definition) is 5. The summed E-state index contributed by atoms with van der Waals surface area (Å²) in [7, 11) is 0. The van der Waals surface area contributed by atoms with Crippen molar-refractivity contribution in [1.82, 2.24) is 15.3 Å². The average molecular weight is 331 g/mol. The number of carbonyl (C=O) groups is 1. The Bertz CT molecular complexity index is 664. The summed E-state index contributed by atoms with van der Waals surface area (Å²) in [4.78, 5) is 22.0. The molecule has 0 atom stereocenters. The van der Waals surface area contributed by atoms with Crippen LogP contribution in [-0.4, -0.2) is 33.6 Å². The molecule has 1 aliphatic carbocycles. The van der Waals surface area contributed by atoms with E-state index in [4.69, 9.17) is 0 Å². The number of aryl methyl sites for hydroxylation is 1. The zero-order valence-corrected chi connectivity index (χ0v) is 14.0. The minimum Gasteiger partial charge on any atom is -0.396 e. The highest BCUT2D eigenvalue weighted by molar-refractivity contribution is 7.17. The molecule has 0 radical (unpaired) electrons. The number of thiazole rings is 1. The highest BCUT2D eigenvalue weighted by Crippen LogP contribution is 2.28. The van der Waals surface area contributed by atoms with Crippen LogP contribution in [0.4, 0.5) is 0 Å². The van der Waals surface area contributed by atoms with E-state index < -0.39 is 0 Å². The Hall–Kier alpha value is -1.79. The lowest BCUT2D eigenvalue weighted by molar-refractivity contribution is 0.0917. The summed E-state index contributed by atoms with van der Waals surface area (Å²) in [6, 6.07) is 5.87. The van der Waals surface area contributed by atoms with Gasteiger partial charge in [0.1, 0.15) is 9.88 Å². The predicted molar refractivity (Wildman–Crippen MR) is 90.4 cm³/mol. The highest BCUT2D eigenvalue weighted by atomic mass is 32.1. The van der Waals surface area contributed by atoms with Crippen LogP contribution in [0.5, 0.6) is 0 Å². The first kappa shape index (κ1) is 16.1. The topological polar surface area (TPSA) is 75.1 Å². The molecule has 1 saturated carbocycles. The second-order valence-corrected chi connectivity index (χ2v) is 7.02. The number of aliphatic hydroxyl groups is 1. The van der Waals surface area contributed by atoms with Gasteiger partial charge in [-0.1, -0.05) is 6.07 Å². The summed E-state index contributed by atoms with van der Waals surface area (Å²) in [6.45, 7) is 2.11. The molecule has 2 N–H and O–H groups in total. The number of pyridine rings is 1. The van der Waals surface area contributed by atoms with Crippen LogP contribution in [0, 0.1) is 12.8 Å². The van der Waals surface area contributed by atoms with Gasteiger partial charge in [0.05, 0.1) is 11.4 Å². The van der Waals surface area contributed by atoms with E-state index in [1.807, 2.05) is 25.1 Å². The van der Waals surface area contributed by atoms with Gasteiger partial charge in [-0.3, -0.25) is 9.78 Å². The molecule has 0 aromatic carbocycles. The number of carbonyl (C=O) groups excluding carboxylic acids is 1. The molecule has 122 valence electrons. The van der Waals surface area contributed by atoms with Crippen molar-refractivity contribution in [3.63, 3.8) is 0 Å². The SMILES string of the molecule is Cc1nc(-c2ccccn2)sc1C(=O)NC1CCC(CO)CC1. The Balaban J connectivity index is 1.67. The lowest BCUT2D eigenvalue weighted by Gasteiger charge is -2.27. The van der Waals surface area contributed by atoms with Crippen molar-refractivity contribution in [2.75, 3.05) is 6.61 Å². The molecule has 5 nitrogen and oxygen atoms in total. The van der Waals surface area contributed by atoms with E-state index in [1.54, 1.807) is 6.20 Å². The van der Waals surface area contributed by atoms with Crippen LogP contribution in [0.2, 0.25) is 0 Å². The van der Waals surface area contributed by atoms with E-state index >= 15 is 0 Å². The molecule has 23 heavy (non-hydrogen) atoms. The largest absolute Gasteiger partial charge is 0.396 e. The molecular formula is C17H21N3O2S. The maximum atomic E-state index is 12.5. The first-order valence-corrected chi connectivity index (χ1v) is 8.79. The third-order valence-electron chi connectivity index (χ3n) is 4.33. The second-order valence-electron chi connectivity index (χ2n) is 6.02. The van der Waals surface area contributed by atoms with E-state index in [-0.39, 0.29) is 18.6 Å². The van der Waals surface area contributed by atoms with Crippen LogP contribution >= 0.6 is 11.3 Å². The molecule has 1 aliphatic rings. The first-order valence-electron chi connectivity index (χ1n) is 7.98. The fourth-order valence-electron chi connectivity index (χ4n) is 2.95. The molecule has 2 aromatic heterocycles. The summed E-state index contributed by atoms with van der Waals surface area (Å²) in [6.07, 6.45) is 5.54. The molecule has 1 amide bonds. The summed E-state index contributed by atoms with van der Waals surface area (Å²) >= 11 is 1.39. The molecular weight excluding hydrogens is 310 g/mol. The Morgan fingerprint density at radius 2 is 2.13 bits per heavy atom. The van der Waals surface area contributed by atoms with Gasteiger partial charge in [-0.05, 0) is 50.7 Å². The predicted octanol–water partition coefficient (Wildman–Crippen LogP) is 2.79. The molecule has 0 unspecified atom stereocenters. The highest BCUT2D eigenvalue weighted by Gasteiger charge is 2.24. The van der Waals surface area contributed by atoms with Crippen molar-refractivity contribution < 1.29 is 9.90 Å². The molecule has 0 aliphatic heterocycles. The molecule has 2 heterocycles. The number of rotatable bonds is 4. The van der Waals surface area contributed by atoms with Gasteiger partial charge >= 0.3 is 0 Å². The van der Waals surface area contributed by atoms with Crippen molar-refractivity contribution in [3.05, 3.63) is 35.0 Å². The lowest BCUT2D eigenvalue weighted by Crippen LogP contribution is -2.38. The van der Waals surface area contributed by atoms with Crippen LogP contribution in [0.1, 0.15) is 41.0 Å². The Morgan fingerprint density at radius 3 is 2.78 bits per heavy atom. The maximum absolute atomic E-state index is 12.5. The normalized spacial score (nSPS) is 21.1. The molecule has 0 bridgehead atoms. The van der Waals surface area contributed by atoms with Gasteiger partial charge in [-0.25, -0.2) is 4.98 Å². The van der Waals surface area contributed by atoms with Crippen LogP contribution in [-0.2, 0) is 0 Å². The fourth-order valence-corrected chi connectivity index (χ4v) is 3.89. The number of aromatic nitrogens is 2. The van der Waals surface area contributed by atoms with Crippen molar-refractivity contribution in [1.29, 1.82) is 0 Å². The maximum Gasteiger partial charge on any atom is 0.263 e. The van der Waals surface area contributed by atoms with E-state index in [2.05, 4.69) is 15.3 Å². The number of hydrogen-bond donors (Lipinski definition) is 2. The Labute approximate surface area is 139 Å². The average Bonchev–Trinajstić information content (AvgIpc) is 2.98. The van der Waals surface area contributed by atoms with E-state index in [0.29, 0.717) is 10.8 Å². The summed E-state index contributed by atoms with van der Waals surface area (Å²) in [5, 5.41) is 13.1. The third-order valence-corrected chi connectivity index (χ3v) is 5.51. The fraction of sp³-hybridized carbons (Fsp3) is 0.471. The minimum absolute atomic E-state index is 0.0466. The summed E-state index contributed by atoms with van der Waals surface area (Å²) in [5.74, 6) is 0.346. The standard InChI is InChI=1S/C17H21N3O2S/c1-11-15(23-17(19-11)14-4-2-3-9-18-14)16(22)20-13-7-5-12(10-21)6-8-13/h2-4,9,12-13,21H,5-8,10H2,1H3,(H,20,22). The number of nitrogens with one attached hydrogen (secondary N) is 1. The van der Waals surface area contributed by atoms with Gasteiger partial charge < -0.3 is 10.4 Å². The quantitative estimate of drug-likeness (QED) is 0.903. The van der Waals surface area contributed by atoms with Crippen LogP contribution in [0.25, 0.3) is 10.7 Å². The molecule has 2 aromatic rings. The van der Waals surface area contributed by atoms with E-state index in [1.165, 1.54) is 11.3 Å². The molecule has 3 rings (SSSR count). The molecule has 6 heteroatoms. The second kappa shape index (κ2) is 7.19. The van der Waals surface area contributed by atoms with Crippen molar-refractivity contribution in [2.24, 2.45) is 5.92 Å². The van der Waals surface area contributed by atoms with Gasteiger partial charge in [0, 0.05) is 18.8 Å². The minimum atomic E-state index is -0.0466. The molecule has 1 fully saturated rings.